The van der Waals surface area contributed by atoms with E-state index < -0.39 is 0 Å². The van der Waals surface area contributed by atoms with E-state index in [1.165, 1.54) is 51.4 Å². The number of hydrogen-bond donors (Lipinski definition) is 1. The van der Waals surface area contributed by atoms with Gasteiger partial charge >= 0.3 is 0 Å². The zero-order chi connectivity index (χ0) is 9.15. The second kappa shape index (κ2) is 4.04. The van der Waals surface area contributed by atoms with Crippen LogP contribution in [0, 0.1) is 0 Å². The minimum absolute atomic E-state index is 0.252. The van der Waals surface area contributed by atoms with Crippen LogP contribution in [0.15, 0.2) is 0 Å². The Bertz CT molecular complexity index is 158. The van der Waals surface area contributed by atoms with E-state index in [2.05, 4.69) is 7.28 Å². The molecule has 1 radical (unpaired) electrons. The first-order valence-electron chi connectivity index (χ1n) is 5.82. The molecule has 0 amide bonds. The standard InChI is InChI=1S/C11H20BO/c13-9-11-7-5-3-1-2-4-6-10(8-11)12-11/h10,13H,1-9H2. The highest BCUT2D eigenvalue weighted by atomic mass is 16.3. The third-order valence-corrected chi connectivity index (χ3v) is 3.82. The summed E-state index contributed by atoms with van der Waals surface area (Å²) in [6.45, 7) is 0.392. The van der Waals surface area contributed by atoms with Gasteiger partial charge in [-0.05, 0) is 5.31 Å². The number of fused-ring (bicyclic) bond motifs is 6. The third kappa shape index (κ3) is 2.09. The average molecular weight is 179 g/mol. The van der Waals surface area contributed by atoms with Crippen LogP contribution in [0.2, 0.25) is 11.1 Å². The van der Waals surface area contributed by atoms with Gasteiger partial charge in [-0.15, -0.1) is 0 Å². The second-order valence-corrected chi connectivity index (χ2v) is 4.96. The summed E-state index contributed by atoms with van der Waals surface area (Å²) in [5.74, 6) is 0.838. The first kappa shape index (κ1) is 9.58. The van der Waals surface area contributed by atoms with Gasteiger partial charge < -0.3 is 5.11 Å². The molecule has 2 aliphatic heterocycles. The smallest absolute Gasteiger partial charge is 0.125 e. The van der Waals surface area contributed by atoms with E-state index in [-0.39, 0.29) is 5.31 Å². The molecule has 2 atom stereocenters. The average Bonchev–Trinajstić information content (AvgIpc) is 2.13. The molecule has 1 aliphatic carbocycles. The van der Waals surface area contributed by atoms with Gasteiger partial charge in [-0.25, -0.2) is 0 Å². The fourth-order valence-corrected chi connectivity index (χ4v) is 2.97. The van der Waals surface area contributed by atoms with Crippen LogP contribution in [0.3, 0.4) is 0 Å². The zero-order valence-corrected chi connectivity index (χ0v) is 8.47. The molecule has 1 saturated carbocycles. The molecule has 2 saturated heterocycles. The van der Waals surface area contributed by atoms with Crippen molar-refractivity contribution in [2.75, 3.05) is 6.61 Å². The normalized spacial score (nSPS) is 40.2. The molecular weight excluding hydrogens is 159 g/mol. The summed E-state index contributed by atoms with van der Waals surface area (Å²) in [5.41, 5.74) is 0. The van der Waals surface area contributed by atoms with Crippen LogP contribution in [0.25, 0.3) is 0 Å². The van der Waals surface area contributed by atoms with Gasteiger partial charge in [0, 0.05) is 6.61 Å². The summed E-state index contributed by atoms with van der Waals surface area (Å²) in [7, 11) is 2.44. The summed E-state index contributed by atoms with van der Waals surface area (Å²) in [5, 5.41) is 9.59. The minimum atomic E-state index is 0.252. The molecule has 2 heterocycles. The fraction of sp³-hybridized carbons (Fsp3) is 1.00. The van der Waals surface area contributed by atoms with Crippen molar-refractivity contribution in [3.63, 3.8) is 0 Å². The molecule has 2 heteroatoms. The molecule has 2 bridgehead atoms. The number of rotatable bonds is 1. The quantitative estimate of drug-likeness (QED) is 0.613. The Morgan fingerprint density at radius 1 is 1.15 bits per heavy atom. The lowest BCUT2D eigenvalue weighted by molar-refractivity contribution is 0.191. The Hall–Kier alpha value is 0.0249. The van der Waals surface area contributed by atoms with Crippen molar-refractivity contribution >= 4 is 7.28 Å². The van der Waals surface area contributed by atoms with Crippen LogP contribution < -0.4 is 0 Å². The van der Waals surface area contributed by atoms with Gasteiger partial charge in [0.15, 0.2) is 0 Å². The van der Waals surface area contributed by atoms with Gasteiger partial charge in [0.05, 0.1) is 0 Å². The first-order valence-corrected chi connectivity index (χ1v) is 5.82. The highest BCUT2D eigenvalue weighted by Crippen LogP contribution is 2.54. The summed E-state index contributed by atoms with van der Waals surface area (Å²) >= 11 is 0. The van der Waals surface area contributed by atoms with Gasteiger partial charge in [0.2, 0.25) is 0 Å². The largest absolute Gasteiger partial charge is 0.397 e. The number of hydrogen-bond acceptors (Lipinski definition) is 1. The van der Waals surface area contributed by atoms with Crippen molar-refractivity contribution < 1.29 is 5.11 Å². The summed E-state index contributed by atoms with van der Waals surface area (Å²) < 4.78 is 0. The monoisotopic (exact) mass is 179 g/mol. The Morgan fingerprint density at radius 3 is 2.62 bits per heavy atom. The maximum Gasteiger partial charge on any atom is 0.125 e. The predicted molar refractivity (Wildman–Crippen MR) is 56.2 cm³/mol. The molecule has 0 aromatic rings. The van der Waals surface area contributed by atoms with Crippen LogP contribution in [-0.4, -0.2) is 19.0 Å². The topological polar surface area (TPSA) is 20.2 Å². The van der Waals surface area contributed by atoms with Gasteiger partial charge in [-0.1, -0.05) is 57.2 Å². The molecule has 3 rings (SSSR count). The van der Waals surface area contributed by atoms with Crippen molar-refractivity contribution in [2.24, 2.45) is 0 Å². The molecule has 3 fully saturated rings. The van der Waals surface area contributed by atoms with Crippen molar-refractivity contribution in [3.8, 4) is 0 Å². The summed E-state index contributed by atoms with van der Waals surface area (Å²) in [6.07, 6.45) is 10.8. The SMILES string of the molecule is OCC12[B]C(CCCCCCC1)C2. The van der Waals surface area contributed by atoms with Gasteiger partial charge in [0.25, 0.3) is 0 Å². The van der Waals surface area contributed by atoms with E-state index >= 15 is 0 Å². The maximum absolute atomic E-state index is 9.34. The highest BCUT2D eigenvalue weighted by molar-refractivity contribution is 6.46. The molecule has 0 aromatic heterocycles. The van der Waals surface area contributed by atoms with Crippen molar-refractivity contribution in [2.45, 2.75) is 62.5 Å². The highest BCUT2D eigenvalue weighted by Gasteiger charge is 2.43. The Kier molecular flexibility index (Phi) is 2.97. The molecule has 13 heavy (non-hydrogen) atoms. The van der Waals surface area contributed by atoms with Crippen molar-refractivity contribution in [1.29, 1.82) is 0 Å². The van der Waals surface area contributed by atoms with Gasteiger partial charge in [-0.3, -0.25) is 0 Å². The summed E-state index contributed by atoms with van der Waals surface area (Å²) in [6, 6.07) is 0. The van der Waals surface area contributed by atoms with Gasteiger partial charge in [-0.2, -0.15) is 0 Å². The lowest BCUT2D eigenvalue weighted by atomic mass is 9.30. The molecule has 1 N–H and O–H groups in total. The van der Waals surface area contributed by atoms with E-state index in [4.69, 9.17) is 0 Å². The van der Waals surface area contributed by atoms with Crippen LogP contribution in [0.4, 0.5) is 0 Å². The van der Waals surface area contributed by atoms with Crippen LogP contribution in [-0.2, 0) is 0 Å². The lowest BCUT2D eigenvalue weighted by Gasteiger charge is -2.47. The van der Waals surface area contributed by atoms with Crippen LogP contribution >= 0.6 is 0 Å². The molecule has 3 aliphatic rings. The zero-order valence-electron chi connectivity index (χ0n) is 8.47. The van der Waals surface area contributed by atoms with Crippen molar-refractivity contribution in [1.82, 2.24) is 0 Å². The molecule has 1 nitrogen and oxygen atoms in total. The number of aliphatic hydroxyl groups is 1. The van der Waals surface area contributed by atoms with Crippen molar-refractivity contribution in [3.05, 3.63) is 0 Å². The molecule has 0 aromatic carbocycles. The van der Waals surface area contributed by atoms with E-state index in [9.17, 15) is 5.11 Å². The van der Waals surface area contributed by atoms with E-state index in [1.54, 1.807) is 0 Å². The second-order valence-electron chi connectivity index (χ2n) is 4.96. The third-order valence-electron chi connectivity index (χ3n) is 3.82. The Morgan fingerprint density at radius 2 is 1.85 bits per heavy atom. The predicted octanol–water partition coefficient (Wildman–Crippen LogP) is 2.78. The lowest BCUT2D eigenvalue weighted by Crippen LogP contribution is -2.39. The van der Waals surface area contributed by atoms with Gasteiger partial charge in [0.1, 0.15) is 7.28 Å². The Labute approximate surface area is 82.2 Å². The Balaban J connectivity index is 1.87. The fourth-order valence-electron chi connectivity index (χ4n) is 2.97. The van der Waals surface area contributed by atoms with Crippen LogP contribution in [0.5, 0.6) is 0 Å². The molecule has 73 valence electrons. The summed E-state index contributed by atoms with van der Waals surface area (Å²) in [4.78, 5) is 0. The van der Waals surface area contributed by atoms with E-state index in [0.29, 0.717) is 6.61 Å². The van der Waals surface area contributed by atoms with E-state index in [1.807, 2.05) is 0 Å². The van der Waals surface area contributed by atoms with E-state index in [0.717, 1.165) is 5.82 Å². The minimum Gasteiger partial charge on any atom is -0.397 e. The maximum atomic E-state index is 9.34. The molecule has 0 spiro atoms. The first-order chi connectivity index (χ1) is 6.35. The molecular formula is C11H20BO. The molecule has 2 unspecified atom stereocenters. The van der Waals surface area contributed by atoms with Crippen LogP contribution in [0.1, 0.15) is 51.4 Å². The number of aliphatic hydroxyl groups excluding tert-OH is 1.